The lowest BCUT2D eigenvalue weighted by Gasteiger charge is -2.11. The Labute approximate surface area is 342 Å². The van der Waals surface area contributed by atoms with Crippen molar-refractivity contribution < 1.29 is 24.2 Å². The van der Waals surface area contributed by atoms with Gasteiger partial charge in [0.05, 0.1) is 12.8 Å². The summed E-state index contributed by atoms with van der Waals surface area (Å²) in [5.41, 5.74) is 13.1. The Morgan fingerprint density at radius 1 is 0.603 bits per heavy atom. The summed E-state index contributed by atoms with van der Waals surface area (Å²) in [7, 11) is 1.67. The summed E-state index contributed by atoms with van der Waals surface area (Å²) in [4.78, 5) is 43.2. The molecule has 3 aromatic heterocycles. The van der Waals surface area contributed by atoms with E-state index in [-0.39, 0.29) is 16.7 Å². The molecule has 0 aliphatic heterocycles. The van der Waals surface area contributed by atoms with Gasteiger partial charge in [-0.2, -0.15) is 0 Å². The minimum atomic E-state index is -0.956. The molecule has 0 aliphatic carbocycles. The van der Waals surface area contributed by atoms with Gasteiger partial charge < -0.3 is 20.5 Å². The van der Waals surface area contributed by atoms with E-state index in [2.05, 4.69) is 75.2 Å². The quantitative estimate of drug-likeness (QED) is 0.136. The second kappa shape index (κ2) is 19.7. The van der Waals surface area contributed by atoms with E-state index < -0.39 is 5.97 Å². The van der Waals surface area contributed by atoms with Gasteiger partial charge in [-0.3, -0.25) is 19.6 Å². The van der Waals surface area contributed by atoms with Crippen LogP contribution >= 0.6 is 11.5 Å². The van der Waals surface area contributed by atoms with E-state index in [9.17, 15) is 14.4 Å². The molecule has 58 heavy (non-hydrogen) atoms. The van der Waals surface area contributed by atoms with E-state index in [1.807, 2.05) is 74.5 Å². The zero-order chi connectivity index (χ0) is 41.8. The van der Waals surface area contributed by atoms with E-state index in [1.54, 1.807) is 51.0 Å². The molecule has 0 bridgehead atoms. The molecule has 0 radical (unpaired) electrons. The van der Waals surface area contributed by atoms with E-state index in [1.165, 1.54) is 22.3 Å². The largest absolute Gasteiger partial charge is 0.496 e. The van der Waals surface area contributed by atoms with Crippen molar-refractivity contribution in [2.75, 3.05) is 17.7 Å². The summed E-state index contributed by atoms with van der Waals surface area (Å²) < 4.78 is 8.90. The van der Waals surface area contributed by atoms with Gasteiger partial charge in [0.2, 0.25) is 0 Å². The summed E-state index contributed by atoms with van der Waals surface area (Å²) in [6.45, 7) is 11.6. The molecule has 2 amide bonds. The fraction of sp³-hybridized carbons (Fsp3) is 0.152. The highest BCUT2D eigenvalue weighted by Gasteiger charge is 2.12. The molecule has 3 N–H and O–H groups in total. The molecular weight excluding hydrogens is 749 g/mol. The summed E-state index contributed by atoms with van der Waals surface area (Å²) in [6, 6.07) is 31.7. The molecule has 0 spiro atoms. The van der Waals surface area contributed by atoms with Gasteiger partial charge >= 0.3 is 5.97 Å². The molecule has 0 saturated carbocycles. The van der Waals surface area contributed by atoms with Crippen molar-refractivity contribution >= 4 is 40.7 Å². The Bertz CT molecular complexity index is 2530. The summed E-state index contributed by atoms with van der Waals surface area (Å²) in [6.07, 6.45) is 6.63. The third-order valence-electron chi connectivity index (χ3n) is 9.03. The number of rotatable bonds is 8. The third-order valence-corrected chi connectivity index (χ3v) is 9.85. The molecular formula is C46H44N6O5S. The first kappa shape index (κ1) is 42.1. The van der Waals surface area contributed by atoms with Crippen molar-refractivity contribution in [2.45, 2.75) is 41.5 Å². The molecule has 4 aromatic carbocycles. The lowest BCUT2D eigenvalue weighted by atomic mass is 9.98. The molecule has 12 heteroatoms. The molecule has 0 aliphatic rings. The number of nitrogens with one attached hydrogen (secondary N) is 2. The highest BCUT2D eigenvalue weighted by molar-refractivity contribution is 7.07. The van der Waals surface area contributed by atoms with Crippen molar-refractivity contribution in [3.63, 3.8) is 0 Å². The first-order valence-corrected chi connectivity index (χ1v) is 19.0. The molecule has 7 aromatic rings. The monoisotopic (exact) mass is 792 g/mol. The topological polar surface area (TPSA) is 156 Å². The van der Waals surface area contributed by atoms with Gasteiger partial charge in [-0.25, -0.2) is 4.79 Å². The average Bonchev–Trinajstić information content (AvgIpc) is 3.66. The fourth-order valence-corrected chi connectivity index (χ4v) is 6.34. The van der Waals surface area contributed by atoms with Crippen LogP contribution in [0.1, 0.15) is 63.9 Å². The van der Waals surface area contributed by atoms with E-state index in [4.69, 9.17) is 9.84 Å². The number of aromatic nitrogens is 4. The van der Waals surface area contributed by atoms with Crippen LogP contribution < -0.4 is 15.4 Å². The Morgan fingerprint density at radius 3 is 1.52 bits per heavy atom. The fourth-order valence-electron chi connectivity index (χ4n) is 5.84. The van der Waals surface area contributed by atoms with Crippen LogP contribution in [-0.4, -0.2) is 49.6 Å². The van der Waals surface area contributed by atoms with Gasteiger partial charge in [-0.1, -0.05) is 64.1 Å². The number of carbonyl (C=O) groups excluding carboxylic acids is 2. The Hall–Kier alpha value is -7.05. The zero-order valence-corrected chi connectivity index (χ0v) is 34.1. The van der Waals surface area contributed by atoms with Crippen molar-refractivity contribution in [1.29, 1.82) is 0 Å². The summed E-state index contributed by atoms with van der Waals surface area (Å²) >= 11 is 0.897. The van der Waals surface area contributed by atoms with Crippen molar-refractivity contribution in [3.8, 4) is 28.0 Å². The van der Waals surface area contributed by atoms with Crippen LogP contribution in [0.4, 0.5) is 11.4 Å². The summed E-state index contributed by atoms with van der Waals surface area (Å²) in [5.74, 6) is -0.382. The van der Waals surface area contributed by atoms with Gasteiger partial charge in [0.15, 0.2) is 4.88 Å². The van der Waals surface area contributed by atoms with Crippen LogP contribution in [0, 0.1) is 41.5 Å². The molecule has 0 unspecified atom stereocenters. The number of pyridine rings is 2. The molecule has 11 nitrogen and oxygen atoms in total. The molecule has 294 valence electrons. The predicted molar refractivity (Wildman–Crippen MR) is 230 cm³/mol. The highest BCUT2D eigenvalue weighted by Crippen LogP contribution is 2.32. The van der Waals surface area contributed by atoms with Gasteiger partial charge in [-0.05, 0) is 135 Å². The Morgan fingerprint density at radius 2 is 1.09 bits per heavy atom. The number of aryl methyl sites for hydroxylation is 6. The average molecular weight is 793 g/mol. The number of carbonyl (C=O) groups is 3. The number of carboxylic acids is 1. The number of hydrogen-bond donors (Lipinski definition) is 3. The zero-order valence-electron chi connectivity index (χ0n) is 33.3. The first-order chi connectivity index (χ1) is 27.8. The number of benzene rings is 4. The smallest absolute Gasteiger partial charge is 0.349 e. The van der Waals surface area contributed by atoms with Crippen LogP contribution in [-0.2, 0) is 0 Å². The van der Waals surface area contributed by atoms with Crippen molar-refractivity contribution in [1.82, 2.24) is 19.6 Å². The molecule has 0 fully saturated rings. The van der Waals surface area contributed by atoms with Crippen molar-refractivity contribution in [2.24, 2.45) is 0 Å². The lowest BCUT2D eigenvalue weighted by molar-refractivity contribution is 0.0700. The van der Waals surface area contributed by atoms with E-state index in [0.717, 1.165) is 56.5 Å². The van der Waals surface area contributed by atoms with Crippen LogP contribution in [0.5, 0.6) is 5.75 Å². The van der Waals surface area contributed by atoms with Crippen LogP contribution in [0.15, 0.2) is 122 Å². The van der Waals surface area contributed by atoms with E-state index >= 15 is 0 Å². The van der Waals surface area contributed by atoms with Crippen LogP contribution in [0.25, 0.3) is 22.3 Å². The maximum Gasteiger partial charge on any atom is 0.349 e. The minimum absolute atomic E-state index is 0.116. The van der Waals surface area contributed by atoms with Gasteiger partial charge in [0.1, 0.15) is 5.75 Å². The molecule has 7 rings (SSSR count). The van der Waals surface area contributed by atoms with Crippen LogP contribution in [0.2, 0.25) is 0 Å². The number of methoxy groups -OCH3 is 1. The lowest BCUT2D eigenvalue weighted by Crippen LogP contribution is -2.13. The van der Waals surface area contributed by atoms with Crippen LogP contribution in [0.3, 0.4) is 0 Å². The SMILES string of the molecule is COc1ccc(C)cc1-c1ccc(NC(=O)c2ccncc2C)cc1.Cc1ccc(C)c(-c2ccc(NC(=O)c3ccncc3C)cc2)c1.Cc1nnsc1C(=O)O. The second-order valence-electron chi connectivity index (χ2n) is 13.5. The number of anilines is 2. The maximum atomic E-state index is 12.4. The molecule has 0 saturated heterocycles. The normalized spacial score (nSPS) is 10.3. The Balaban J connectivity index is 0.000000183. The standard InChI is InChI=1S/C21H20N2O2.C21H20N2O.C4H4N2O2S/c1-14-4-9-20(25-3)19(12-14)16-5-7-17(8-6-16)23-21(24)18-10-11-22-13-15(18)2;1-14-4-5-15(2)20(12-14)17-6-8-18(9-7-17)23-21(24)19-10-11-22-13-16(19)3;1-2-3(4(7)8)9-6-5-2/h4-13H,1-3H3,(H,23,24);4-13H,1-3H3,(H,23,24);1H3,(H,7,8). The summed E-state index contributed by atoms with van der Waals surface area (Å²) in [5, 5.41) is 17.8. The number of nitrogens with zero attached hydrogens (tertiary/aromatic N) is 4. The van der Waals surface area contributed by atoms with Gasteiger partial charge in [-0.15, -0.1) is 5.10 Å². The third kappa shape index (κ3) is 11.0. The predicted octanol–water partition coefficient (Wildman–Crippen LogP) is 10.1. The van der Waals surface area contributed by atoms with E-state index in [0.29, 0.717) is 16.8 Å². The molecule has 0 atom stereocenters. The number of carboxylic acid groups (broad SMARTS) is 1. The van der Waals surface area contributed by atoms with Gasteiger partial charge in [0, 0.05) is 52.9 Å². The number of hydrogen-bond acceptors (Lipinski definition) is 9. The van der Waals surface area contributed by atoms with Gasteiger partial charge in [0.25, 0.3) is 11.8 Å². The Kier molecular flexibility index (Phi) is 14.3. The minimum Gasteiger partial charge on any atom is -0.496 e. The molecule has 3 heterocycles. The maximum absolute atomic E-state index is 12.4. The van der Waals surface area contributed by atoms with Crippen molar-refractivity contribution in [3.05, 3.63) is 171 Å². The number of ether oxygens (including phenoxy) is 1. The second-order valence-corrected chi connectivity index (χ2v) is 14.2. The number of aromatic carboxylic acids is 1. The first-order valence-electron chi connectivity index (χ1n) is 18.2. The highest BCUT2D eigenvalue weighted by atomic mass is 32.1. The number of amides is 2.